The van der Waals surface area contributed by atoms with E-state index in [1.165, 1.54) is 17.4 Å². The standard InChI is InChI=1S/C16H13F2N3O2S/c1-8-13(14(21-16(23)19-8)12-3-2-6-24-12)15(22)20-9-4-5-10(17)11(18)7-9/h2-7,14H,1H3,(H,20,22)(H2,19,21,23)/t14-/m1/s1. The third kappa shape index (κ3) is 3.13. The van der Waals surface area contributed by atoms with Crippen molar-refractivity contribution in [3.05, 3.63) is 63.5 Å². The van der Waals surface area contributed by atoms with Gasteiger partial charge in [0.1, 0.15) is 0 Å². The summed E-state index contributed by atoms with van der Waals surface area (Å²) in [5.41, 5.74) is 0.833. The van der Waals surface area contributed by atoms with Gasteiger partial charge in [-0.3, -0.25) is 4.79 Å². The van der Waals surface area contributed by atoms with Crippen molar-refractivity contribution in [2.24, 2.45) is 0 Å². The van der Waals surface area contributed by atoms with E-state index < -0.39 is 29.6 Å². The predicted octanol–water partition coefficient (Wildman–Crippen LogP) is 3.29. The second-order valence-electron chi connectivity index (χ2n) is 5.17. The lowest BCUT2D eigenvalue weighted by atomic mass is 10.0. The number of allylic oxidation sites excluding steroid dienone is 1. The van der Waals surface area contributed by atoms with Gasteiger partial charge in [-0.25, -0.2) is 13.6 Å². The molecule has 0 fully saturated rings. The molecule has 24 heavy (non-hydrogen) atoms. The van der Waals surface area contributed by atoms with E-state index in [1.807, 2.05) is 11.4 Å². The van der Waals surface area contributed by atoms with Crippen molar-refractivity contribution in [3.8, 4) is 0 Å². The minimum Gasteiger partial charge on any atom is -0.326 e. The van der Waals surface area contributed by atoms with Gasteiger partial charge < -0.3 is 16.0 Å². The first-order valence-electron chi connectivity index (χ1n) is 7.04. The highest BCUT2D eigenvalue weighted by atomic mass is 32.1. The van der Waals surface area contributed by atoms with E-state index >= 15 is 0 Å². The fraction of sp³-hybridized carbons (Fsp3) is 0.125. The van der Waals surface area contributed by atoms with Gasteiger partial charge in [0.05, 0.1) is 11.6 Å². The average molecular weight is 349 g/mol. The van der Waals surface area contributed by atoms with E-state index in [0.29, 0.717) is 11.3 Å². The van der Waals surface area contributed by atoms with Gasteiger partial charge >= 0.3 is 6.03 Å². The zero-order chi connectivity index (χ0) is 17.3. The molecule has 8 heteroatoms. The van der Waals surface area contributed by atoms with E-state index in [-0.39, 0.29) is 5.69 Å². The molecule has 0 saturated heterocycles. The lowest BCUT2D eigenvalue weighted by molar-refractivity contribution is -0.113. The van der Waals surface area contributed by atoms with Crippen molar-refractivity contribution in [1.29, 1.82) is 0 Å². The summed E-state index contributed by atoms with van der Waals surface area (Å²) in [4.78, 5) is 25.1. The van der Waals surface area contributed by atoms with Gasteiger partial charge in [0, 0.05) is 22.3 Å². The maximum Gasteiger partial charge on any atom is 0.319 e. The summed E-state index contributed by atoms with van der Waals surface area (Å²) in [6.07, 6.45) is 0. The van der Waals surface area contributed by atoms with Crippen LogP contribution >= 0.6 is 11.3 Å². The Morgan fingerprint density at radius 1 is 1.25 bits per heavy atom. The zero-order valence-corrected chi connectivity index (χ0v) is 13.3. The highest BCUT2D eigenvalue weighted by Gasteiger charge is 2.31. The van der Waals surface area contributed by atoms with Crippen LogP contribution in [0.25, 0.3) is 0 Å². The maximum atomic E-state index is 13.3. The Kier molecular flexibility index (Phi) is 4.30. The molecule has 1 aliphatic heterocycles. The summed E-state index contributed by atoms with van der Waals surface area (Å²) >= 11 is 1.40. The van der Waals surface area contributed by atoms with Crippen molar-refractivity contribution >= 4 is 29.0 Å². The molecule has 124 valence electrons. The number of benzene rings is 1. The Labute approximate surface area is 140 Å². The van der Waals surface area contributed by atoms with Crippen LogP contribution in [0.15, 0.2) is 47.0 Å². The van der Waals surface area contributed by atoms with Gasteiger partial charge in [-0.15, -0.1) is 11.3 Å². The molecule has 3 N–H and O–H groups in total. The Bertz CT molecular complexity index is 834. The highest BCUT2D eigenvalue weighted by molar-refractivity contribution is 7.10. The predicted molar refractivity (Wildman–Crippen MR) is 86.4 cm³/mol. The average Bonchev–Trinajstić information content (AvgIpc) is 3.04. The van der Waals surface area contributed by atoms with Crippen LogP contribution in [0.1, 0.15) is 17.8 Å². The van der Waals surface area contributed by atoms with Gasteiger partial charge in [0.25, 0.3) is 5.91 Å². The summed E-state index contributed by atoms with van der Waals surface area (Å²) in [5.74, 6) is -2.56. The third-order valence-corrected chi connectivity index (χ3v) is 4.46. The van der Waals surface area contributed by atoms with Gasteiger partial charge in [-0.05, 0) is 30.5 Å². The number of halogens is 2. The van der Waals surface area contributed by atoms with E-state index in [1.54, 1.807) is 13.0 Å². The van der Waals surface area contributed by atoms with Crippen LogP contribution in [0.3, 0.4) is 0 Å². The van der Waals surface area contributed by atoms with Crippen molar-refractivity contribution in [2.75, 3.05) is 5.32 Å². The number of hydrogen-bond acceptors (Lipinski definition) is 3. The summed E-state index contributed by atoms with van der Waals surface area (Å²) in [6, 6.07) is 5.70. The van der Waals surface area contributed by atoms with Crippen LogP contribution in [0.5, 0.6) is 0 Å². The molecule has 0 aliphatic carbocycles. The summed E-state index contributed by atoms with van der Waals surface area (Å²) in [6.45, 7) is 1.61. The molecule has 0 bridgehead atoms. The number of carbonyl (C=O) groups is 2. The summed E-state index contributed by atoms with van der Waals surface area (Å²) < 4.78 is 26.3. The number of rotatable bonds is 3. The summed E-state index contributed by atoms with van der Waals surface area (Å²) in [5, 5.41) is 9.61. The smallest absolute Gasteiger partial charge is 0.319 e. The normalized spacial score (nSPS) is 17.3. The first kappa shape index (κ1) is 16.1. The lowest BCUT2D eigenvalue weighted by Crippen LogP contribution is -2.45. The second kappa shape index (κ2) is 6.40. The number of carbonyl (C=O) groups excluding carboxylic acids is 2. The van der Waals surface area contributed by atoms with Crippen LogP contribution in [0.2, 0.25) is 0 Å². The molecule has 1 aromatic carbocycles. The highest BCUT2D eigenvalue weighted by Crippen LogP contribution is 2.30. The van der Waals surface area contributed by atoms with E-state index in [4.69, 9.17) is 0 Å². The molecule has 1 aromatic heterocycles. The van der Waals surface area contributed by atoms with Crippen LogP contribution in [0.4, 0.5) is 19.3 Å². The molecule has 5 nitrogen and oxygen atoms in total. The van der Waals surface area contributed by atoms with Crippen molar-refractivity contribution in [1.82, 2.24) is 10.6 Å². The molecule has 3 rings (SSSR count). The number of hydrogen-bond donors (Lipinski definition) is 3. The fourth-order valence-corrected chi connectivity index (χ4v) is 3.22. The SMILES string of the molecule is CC1=C(C(=O)Nc2ccc(F)c(F)c2)[C@@H](c2cccs2)NC(=O)N1. The minimum absolute atomic E-state index is 0.126. The second-order valence-corrected chi connectivity index (χ2v) is 6.15. The number of anilines is 1. The first-order valence-corrected chi connectivity index (χ1v) is 7.92. The quantitative estimate of drug-likeness (QED) is 0.796. The lowest BCUT2D eigenvalue weighted by Gasteiger charge is -2.27. The number of amides is 3. The van der Waals surface area contributed by atoms with Crippen LogP contribution in [-0.2, 0) is 4.79 Å². The van der Waals surface area contributed by atoms with Crippen molar-refractivity contribution in [2.45, 2.75) is 13.0 Å². The number of nitrogens with one attached hydrogen (secondary N) is 3. The maximum absolute atomic E-state index is 13.3. The van der Waals surface area contributed by atoms with Crippen molar-refractivity contribution in [3.63, 3.8) is 0 Å². The van der Waals surface area contributed by atoms with E-state index in [0.717, 1.165) is 17.0 Å². The molecule has 2 aromatic rings. The monoisotopic (exact) mass is 349 g/mol. The zero-order valence-electron chi connectivity index (χ0n) is 12.5. The van der Waals surface area contributed by atoms with Gasteiger partial charge in [0.15, 0.2) is 11.6 Å². The molecule has 1 atom stereocenters. The molecule has 1 aliphatic rings. The fourth-order valence-electron chi connectivity index (χ4n) is 2.44. The number of thiophene rings is 1. The van der Waals surface area contributed by atoms with Crippen LogP contribution in [0, 0.1) is 11.6 Å². The Morgan fingerprint density at radius 3 is 2.71 bits per heavy atom. The molecule has 0 spiro atoms. The van der Waals surface area contributed by atoms with Crippen LogP contribution in [-0.4, -0.2) is 11.9 Å². The molecule has 0 unspecified atom stereocenters. The van der Waals surface area contributed by atoms with Crippen molar-refractivity contribution < 1.29 is 18.4 Å². The first-order chi connectivity index (χ1) is 11.5. The van der Waals surface area contributed by atoms with Gasteiger partial charge in [-0.2, -0.15) is 0 Å². The Morgan fingerprint density at radius 2 is 2.04 bits per heavy atom. The number of urea groups is 1. The third-order valence-electron chi connectivity index (χ3n) is 3.52. The summed E-state index contributed by atoms with van der Waals surface area (Å²) in [7, 11) is 0. The molecular formula is C16H13F2N3O2S. The van der Waals surface area contributed by atoms with Gasteiger partial charge in [-0.1, -0.05) is 6.07 Å². The Hall–Kier alpha value is -2.74. The minimum atomic E-state index is -1.05. The van der Waals surface area contributed by atoms with Crippen LogP contribution < -0.4 is 16.0 Å². The topological polar surface area (TPSA) is 70.2 Å². The van der Waals surface area contributed by atoms with E-state index in [9.17, 15) is 18.4 Å². The molecule has 2 heterocycles. The molecule has 3 amide bonds. The Balaban J connectivity index is 1.91. The van der Waals surface area contributed by atoms with Gasteiger partial charge in [0.2, 0.25) is 0 Å². The molecule has 0 saturated carbocycles. The largest absolute Gasteiger partial charge is 0.326 e. The molecular weight excluding hydrogens is 336 g/mol. The molecule has 0 radical (unpaired) electrons. The van der Waals surface area contributed by atoms with E-state index in [2.05, 4.69) is 16.0 Å².